The lowest BCUT2D eigenvalue weighted by Gasteiger charge is -2.28. The Hall–Kier alpha value is -0.860. The average Bonchev–Trinajstić information content (AvgIpc) is 2.30. The van der Waals surface area contributed by atoms with Crippen LogP contribution in [0.1, 0.15) is 24.8 Å². The predicted octanol–water partition coefficient (Wildman–Crippen LogP) is 2.55. The standard InChI is InChI=1S/C12H16O2/c1-2-12-13-8-11(9-14-12)10-6-4-3-5-7-10/h3-7,11-12H,2,8-9H2,1H3. The molecule has 2 heteroatoms. The van der Waals surface area contributed by atoms with Gasteiger partial charge < -0.3 is 9.47 Å². The molecule has 0 unspecified atom stereocenters. The summed E-state index contributed by atoms with van der Waals surface area (Å²) < 4.78 is 11.1. The minimum Gasteiger partial charge on any atom is -0.352 e. The highest BCUT2D eigenvalue weighted by Gasteiger charge is 2.21. The van der Waals surface area contributed by atoms with Gasteiger partial charge in [0, 0.05) is 5.92 Å². The first-order chi connectivity index (χ1) is 6.90. The maximum atomic E-state index is 5.57. The zero-order chi connectivity index (χ0) is 9.80. The molecule has 2 rings (SSSR count). The third-order valence-corrected chi connectivity index (χ3v) is 2.57. The monoisotopic (exact) mass is 192 g/mol. The molecule has 1 aliphatic rings. The fourth-order valence-electron chi connectivity index (χ4n) is 1.70. The van der Waals surface area contributed by atoms with Crippen molar-refractivity contribution in [2.24, 2.45) is 0 Å². The van der Waals surface area contributed by atoms with E-state index in [9.17, 15) is 0 Å². The van der Waals surface area contributed by atoms with Crippen LogP contribution in [-0.2, 0) is 9.47 Å². The summed E-state index contributed by atoms with van der Waals surface area (Å²) in [4.78, 5) is 0. The SMILES string of the molecule is CCC1OCC(c2ccccc2)CO1. The number of benzene rings is 1. The highest BCUT2D eigenvalue weighted by Crippen LogP contribution is 2.22. The van der Waals surface area contributed by atoms with Crippen LogP contribution in [0.3, 0.4) is 0 Å². The summed E-state index contributed by atoms with van der Waals surface area (Å²) in [5, 5.41) is 0. The molecule has 76 valence electrons. The van der Waals surface area contributed by atoms with Crippen molar-refractivity contribution >= 4 is 0 Å². The van der Waals surface area contributed by atoms with E-state index in [1.165, 1.54) is 5.56 Å². The molecule has 0 bridgehead atoms. The minimum absolute atomic E-state index is 0.00922. The molecule has 0 aliphatic carbocycles. The molecule has 1 aliphatic heterocycles. The molecule has 1 saturated heterocycles. The van der Waals surface area contributed by atoms with Gasteiger partial charge in [-0.15, -0.1) is 0 Å². The van der Waals surface area contributed by atoms with Gasteiger partial charge in [0.05, 0.1) is 13.2 Å². The second-order valence-electron chi connectivity index (χ2n) is 3.61. The summed E-state index contributed by atoms with van der Waals surface area (Å²) in [6.07, 6.45) is 0.941. The lowest BCUT2D eigenvalue weighted by Crippen LogP contribution is -2.30. The molecule has 1 aromatic rings. The normalized spacial score (nSPS) is 27.5. The van der Waals surface area contributed by atoms with Crippen LogP contribution in [0.5, 0.6) is 0 Å². The van der Waals surface area contributed by atoms with Crippen LogP contribution < -0.4 is 0 Å². The number of ether oxygens (including phenoxy) is 2. The average molecular weight is 192 g/mol. The van der Waals surface area contributed by atoms with Gasteiger partial charge in [-0.05, 0) is 12.0 Å². The molecular formula is C12H16O2. The Bertz CT molecular complexity index is 263. The summed E-state index contributed by atoms with van der Waals surface area (Å²) in [6.45, 7) is 3.64. The minimum atomic E-state index is 0.00922. The first-order valence-corrected chi connectivity index (χ1v) is 5.18. The Morgan fingerprint density at radius 1 is 1.14 bits per heavy atom. The predicted molar refractivity (Wildman–Crippen MR) is 55.2 cm³/mol. The highest BCUT2D eigenvalue weighted by molar-refractivity contribution is 5.19. The van der Waals surface area contributed by atoms with Crippen molar-refractivity contribution in [3.63, 3.8) is 0 Å². The van der Waals surface area contributed by atoms with Gasteiger partial charge in [0.25, 0.3) is 0 Å². The van der Waals surface area contributed by atoms with Gasteiger partial charge in [-0.3, -0.25) is 0 Å². The topological polar surface area (TPSA) is 18.5 Å². The first-order valence-electron chi connectivity index (χ1n) is 5.18. The van der Waals surface area contributed by atoms with E-state index in [2.05, 4.69) is 31.2 Å². The summed E-state index contributed by atoms with van der Waals surface area (Å²) in [5.74, 6) is 0.402. The van der Waals surface area contributed by atoms with Crippen LogP contribution >= 0.6 is 0 Å². The Morgan fingerprint density at radius 2 is 1.79 bits per heavy atom. The fourth-order valence-corrected chi connectivity index (χ4v) is 1.70. The smallest absolute Gasteiger partial charge is 0.157 e. The van der Waals surface area contributed by atoms with Gasteiger partial charge in [0.1, 0.15) is 0 Å². The lowest BCUT2D eigenvalue weighted by molar-refractivity contribution is -0.187. The van der Waals surface area contributed by atoms with Crippen molar-refractivity contribution in [2.45, 2.75) is 25.6 Å². The van der Waals surface area contributed by atoms with Crippen molar-refractivity contribution in [3.8, 4) is 0 Å². The van der Waals surface area contributed by atoms with Crippen molar-refractivity contribution in [1.29, 1.82) is 0 Å². The van der Waals surface area contributed by atoms with Gasteiger partial charge in [-0.1, -0.05) is 37.3 Å². The van der Waals surface area contributed by atoms with Crippen molar-refractivity contribution in [3.05, 3.63) is 35.9 Å². The molecule has 0 saturated carbocycles. The second kappa shape index (κ2) is 4.58. The molecule has 0 N–H and O–H groups in total. The zero-order valence-electron chi connectivity index (χ0n) is 8.48. The molecule has 0 amide bonds. The van der Waals surface area contributed by atoms with Crippen LogP contribution in [0.15, 0.2) is 30.3 Å². The van der Waals surface area contributed by atoms with Gasteiger partial charge in [-0.25, -0.2) is 0 Å². The van der Waals surface area contributed by atoms with Crippen LogP contribution in [-0.4, -0.2) is 19.5 Å². The molecule has 1 aromatic carbocycles. The molecule has 0 aromatic heterocycles. The molecule has 0 radical (unpaired) electrons. The van der Waals surface area contributed by atoms with Gasteiger partial charge in [0.15, 0.2) is 6.29 Å². The zero-order valence-corrected chi connectivity index (χ0v) is 8.48. The van der Waals surface area contributed by atoms with E-state index >= 15 is 0 Å². The Labute approximate surface area is 84.8 Å². The maximum absolute atomic E-state index is 5.57. The summed E-state index contributed by atoms with van der Waals surface area (Å²) >= 11 is 0. The van der Waals surface area contributed by atoms with E-state index in [1.54, 1.807) is 0 Å². The van der Waals surface area contributed by atoms with E-state index < -0.39 is 0 Å². The van der Waals surface area contributed by atoms with E-state index in [1.807, 2.05) is 6.07 Å². The number of rotatable bonds is 2. The second-order valence-corrected chi connectivity index (χ2v) is 3.61. The molecule has 14 heavy (non-hydrogen) atoms. The Balaban J connectivity index is 1.96. The maximum Gasteiger partial charge on any atom is 0.157 e. The lowest BCUT2D eigenvalue weighted by atomic mass is 10.0. The molecule has 1 heterocycles. The van der Waals surface area contributed by atoms with E-state index in [-0.39, 0.29) is 6.29 Å². The number of hydrogen-bond donors (Lipinski definition) is 0. The molecule has 2 nitrogen and oxygen atoms in total. The Kier molecular flexibility index (Phi) is 3.17. The van der Waals surface area contributed by atoms with Crippen LogP contribution in [0.2, 0.25) is 0 Å². The first kappa shape index (κ1) is 9.69. The molecular weight excluding hydrogens is 176 g/mol. The van der Waals surface area contributed by atoms with Gasteiger partial charge in [0.2, 0.25) is 0 Å². The Morgan fingerprint density at radius 3 is 2.36 bits per heavy atom. The van der Waals surface area contributed by atoms with Crippen molar-refractivity contribution in [2.75, 3.05) is 13.2 Å². The van der Waals surface area contributed by atoms with E-state index in [0.717, 1.165) is 19.6 Å². The van der Waals surface area contributed by atoms with E-state index in [4.69, 9.17) is 9.47 Å². The van der Waals surface area contributed by atoms with Crippen molar-refractivity contribution in [1.82, 2.24) is 0 Å². The van der Waals surface area contributed by atoms with Crippen LogP contribution in [0.4, 0.5) is 0 Å². The molecule has 0 spiro atoms. The summed E-state index contributed by atoms with van der Waals surface area (Å²) in [6, 6.07) is 10.4. The highest BCUT2D eigenvalue weighted by atomic mass is 16.7. The third kappa shape index (κ3) is 2.14. The van der Waals surface area contributed by atoms with Crippen molar-refractivity contribution < 1.29 is 9.47 Å². The van der Waals surface area contributed by atoms with E-state index in [0.29, 0.717) is 5.92 Å². The number of hydrogen-bond acceptors (Lipinski definition) is 2. The summed E-state index contributed by atoms with van der Waals surface area (Å²) in [7, 11) is 0. The van der Waals surface area contributed by atoms with Gasteiger partial charge in [-0.2, -0.15) is 0 Å². The van der Waals surface area contributed by atoms with Crippen LogP contribution in [0, 0.1) is 0 Å². The third-order valence-electron chi connectivity index (χ3n) is 2.57. The largest absolute Gasteiger partial charge is 0.352 e. The fraction of sp³-hybridized carbons (Fsp3) is 0.500. The quantitative estimate of drug-likeness (QED) is 0.717. The van der Waals surface area contributed by atoms with Gasteiger partial charge >= 0.3 is 0 Å². The summed E-state index contributed by atoms with van der Waals surface area (Å²) in [5.41, 5.74) is 1.31. The van der Waals surface area contributed by atoms with Crippen LogP contribution in [0.25, 0.3) is 0 Å². The molecule has 0 atom stereocenters. The molecule has 1 fully saturated rings.